The van der Waals surface area contributed by atoms with Crippen LogP contribution in [0.15, 0.2) is 83.4 Å². The summed E-state index contributed by atoms with van der Waals surface area (Å²) in [5.41, 5.74) is 11.3. The first-order chi connectivity index (χ1) is 29.5. The average molecular weight is 903 g/mol. The number of nitrogen functional groups attached to an aromatic ring is 1. The van der Waals surface area contributed by atoms with Crippen LogP contribution in [0.5, 0.6) is 17.4 Å². The van der Waals surface area contributed by atoms with Crippen molar-refractivity contribution in [3.63, 3.8) is 0 Å². The zero-order valence-electron chi connectivity index (χ0n) is 35.2. The fourth-order valence-corrected chi connectivity index (χ4v) is 10.1. The Morgan fingerprint density at radius 3 is 2.45 bits per heavy atom. The summed E-state index contributed by atoms with van der Waals surface area (Å²) in [5.74, 6) is 0.0967. The first-order valence-electron chi connectivity index (χ1n) is 21.1. The molecule has 1 amide bonds. The van der Waals surface area contributed by atoms with Crippen molar-refractivity contribution in [1.29, 1.82) is 0 Å². The van der Waals surface area contributed by atoms with Gasteiger partial charge in [0, 0.05) is 49.5 Å². The van der Waals surface area contributed by atoms with Gasteiger partial charge in [0.1, 0.15) is 21.4 Å². The standard InChI is InChI=1S/C46H53Cl2N7O6S/c1-45(2)16-15-31(36(25-45)30-7-9-32(47)10-8-30)27-54-19-21-55(22-20-54)33-11-12-35(40(23-33)61-39-6-4-5-38-41(39)42(49)52-51-38)43(56)53-62(58,59)34-24-37(48)44(50-26-34)60-28-29-13-17-46(3,57)18-14-29/h4-12,23-24,26,29,57H,13-22,25,27-28H2,1-3H3,(H,53,56)(H3,49,51,52)/t29-,46-. The van der Waals surface area contributed by atoms with E-state index in [4.69, 9.17) is 38.4 Å². The second-order valence-electron chi connectivity index (χ2n) is 17.9. The summed E-state index contributed by atoms with van der Waals surface area (Å²) in [6.45, 7) is 10.8. The molecule has 1 saturated heterocycles. The molecule has 5 aromatic rings. The third kappa shape index (κ3) is 10.00. The van der Waals surface area contributed by atoms with Crippen LogP contribution in [0.3, 0.4) is 0 Å². The van der Waals surface area contributed by atoms with Crippen molar-refractivity contribution >= 4 is 67.1 Å². The van der Waals surface area contributed by atoms with Crippen molar-refractivity contribution in [2.24, 2.45) is 11.3 Å². The lowest BCUT2D eigenvalue weighted by Gasteiger charge is -2.39. The number of halogens is 2. The molecule has 3 aromatic carbocycles. The van der Waals surface area contributed by atoms with Crippen LogP contribution in [-0.4, -0.2) is 84.4 Å². The van der Waals surface area contributed by atoms with E-state index in [9.17, 15) is 18.3 Å². The Labute approximate surface area is 372 Å². The largest absolute Gasteiger partial charge is 0.476 e. The fraction of sp³-hybridized carbons (Fsp3) is 0.413. The number of amides is 1. The maximum absolute atomic E-state index is 14.0. The number of aromatic amines is 1. The quantitative estimate of drug-likeness (QED) is 0.0941. The molecule has 1 aliphatic heterocycles. The summed E-state index contributed by atoms with van der Waals surface area (Å²) in [6.07, 6.45) is 7.24. The van der Waals surface area contributed by atoms with Crippen molar-refractivity contribution in [3.8, 4) is 17.4 Å². The Balaban J connectivity index is 0.993. The van der Waals surface area contributed by atoms with Gasteiger partial charge in [0.15, 0.2) is 5.82 Å². The molecular weight excluding hydrogens is 850 g/mol. The molecule has 16 heteroatoms. The Kier molecular flexibility index (Phi) is 12.5. The zero-order chi connectivity index (χ0) is 43.8. The summed E-state index contributed by atoms with van der Waals surface area (Å²) in [5, 5.41) is 18.5. The van der Waals surface area contributed by atoms with E-state index in [2.05, 4.69) is 55.7 Å². The molecule has 5 N–H and O–H groups in total. The van der Waals surface area contributed by atoms with Gasteiger partial charge in [-0.2, -0.15) is 5.10 Å². The molecule has 0 atom stereocenters. The third-order valence-corrected chi connectivity index (χ3v) is 14.3. The number of hydrogen-bond acceptors (Lipinski definition) is 11. The molecule has 2 aromatic heterocycles. The van der Waals surface area contributed by atoms with Crippen molar-refractivity contribution in [2.75, 3.05) is 50.0 Å². The number of sulfonamides is 1. The number of aliphatic hydroxyl groups is 1. The number of carbonyl (C=O) groups is 1. The summed E-state index contributed by atoms with van der Waals surface area (Å²) in [7, 11) is -4.44. The van der Waals surface area contributed by atoms with E-state index >= 15 is 0 Å². The molecule has 328 valence electrons. The highest BCUT2D eigenvalue weighted by Gasteiger charge is 2.32. The lowest BCUT2D eigenvalue weighted by molar-refractivity contribution is 0.00127. The van der Waals surface area contributed by atoms with Gasteiger partial charge >= 0.3 is 0 Å². The molecule has 0 bridgehead atoms. The minimum absolute atomic E-state index is 0.0104. The number of nitrogens with one attached hydrogen (secondary N) is 2. The SMILES string of the molecule is CC1(C)CCC(CN2CCN(c3ccc(C(=O)NS(=O)(=O)c4cnc(OC[C@H]5CC[C@](C)(O)CC5)c(Cl)c4)c(Oc4cccc5[nH]nc(N)c45)c3)CC2)=C(c2ccc(Cl)cc2)C1. The minimum Gasteiger partial charge on any atom is -0.476 e. The van der Waals surface area contributed by atoms with Crippen LogP contribution in [0.4, 0.5) is 11.5 Å². The van der Waals surface area contributed by atoms with Crippen molar-refractivity contribution in [3.05, 3.63) is 99.7 Å². The van der Waals surface area contributed by atoms with Gasteiger partial charge in [-0.3, -0.25) is 14.8 Å². The summed E-state index contributed by atoms with van der Waals surface area (Å²) in [6, 6.07) is 19.8. The van der Waals surface area contributed by atoms with Crippen molar-refractivity contribution < 1.29 is 27.8 Å². The molecule has 0 radical (unpaired) electrons. The molecule has 0 unspecified atom stereocenters. The van der Waals surface area contributed by atoms with E-state index in [-0.39, 0.29) is 44.3 Å². The smallest absolute Gasteiger partial charge is 0.268 e. The molecule has 3 heterocycles. The first kappa shape index (κ1) is 43.8. The Morgan fingerprint density at radius 1 is 0.984 bits per heavy atom. The third-order valence-electron chi connectivity index (χ3n) is 12.5. The van der Waals surface area contributed by atoms with E-state index in [1.165, 1.54) is 22.8 Å². The van der Waals surface area contributed by atoms with Crippen LogP contribution >= 0.6 is 23.2 Å². The van der Waals surface area contributed by atoms with E-state index < -0.39 is 21.5 Å². The first-order valence-corrected chi connectivity index (χ1v) is 23.3. The summed E-state index contributed by atoms with van der Waals surface area (Å²) < 4.78 is 41.8. The number of H-pyrrole nitrogens is 1. The van der Waals surface area contributed by atoms with Gasteiger partial charge < -0.3 is 25.2 Å². The topological polar surface area (TPSA) is 176 Å². The molecule has 8 rings (SSSR count). The van der Waals surface area contributed by atoms with Crippen LogP contribution in [0, 0.1) is 11.3 Å². The summed E-state index contributed by atoms with van der Waals surface area (Å²) >= 11 is 12.7. The molecule has 0 spiro atoms. The number of anilines is 2. The van der Waals surface area contributed by atoms with E-state index in [1.807, 2.05) is 19.1 Å². The van der Waals surface area contributed by atoms with Gasteiger partial charge in [-0.15, -0.1) is 0 Å². The van der Waals surface area contributed by atoms with Gasteiger partial charge in [0.2, 0.25) is 5.88 Å². The van der Waals surface area contributed by atoms with Gasteiger partial charge in [0.25, 0.3) is 15.9 Å². The molecule has 62 heavy (non-hydrogen) atoms. The maximum atomic E-state index is 14.0. The van der Waals surface area contributed by atoms with Crippen molar-refractivity contribution in [1.82, 2.24) is 24.8 Å². The number of carbonyl (C=O) groups excluding carboxylic acids is 1. The predicted octanol–water partition coefficient (Wildman–Crippen LogP) is 8.86. The predicted molar refractivity (Wildman–Crippen MR) is 244 cm³/mol. The number of allylic oxidation sites excluding steroid dienone is 1. The fourth-order valence-electron chi connectivity index (χ4n) is 8.71. The molecule has 3 aliphatic rings. The second kappa shape index (κ2) is 17.7. The van der Waals surface area contributed by atoms with Gasteiger partial charge in [-0.1, -0.05) is 60.8 Å². The van der Waals surface area contributed by atoms with Crippen LogP contribution < -0.4 is 24.8 Å². The lowest BCUT2D eigenvalue weighted by Crippen LogP contribution is -2.47. The lowest BCUT2D eigenvalue weighted by atomic mass is 9.72. The Hall–Kier alpha value is -4.86. The number of ether oxygens (including phenoxy) is 2. The number of rotatable bonds is 12. The number of fused-ring (bicyclic) bond motifs is 1. The summed E-state index contributed by atoms with van der Waals surface area (Å²) in [4.78, 5) is 22.6. The number of piperazine rings is 1. The minimum atomic E-state index is -4.44. The average Bonchev–Trinajstić information content (AvgIpc) is 3.62. The van der Waals surface area contributed by atoms with Crippen LogP contribution in [-0.2, 0) is 10.0 Å². The molecular formula is C46H53Cl2N7O6S. The van der Waals surface area contributed by atoms with Crippen LogP contribution in [0.1, 0.15) is 81.6 Å². The highest BCUT2D eigenvalue weighted by atomic mass is 35.5. The number of nitrogens with zero attached hydrogens (tertiary/aromatic N) is 4. The molecule has 13 nitrogen and oxygen atoms in total. The molecule has 2 fully saturated rings. The van der Waals surface area contributed by atoms with E-state index in [0.29, 0.717) is 36.1 Å². The number of aromatic nitrogens is 3. The monoisotopic (exact) mass is 901 g/mol. The number of hydrogen-bond donors (Lipinski definition) is 4. The van der Waals surface area contributed by atoms with Gasteiger partial charge in [-0.05, 0) is 117 Å². The number of nitrogens with two attached hydrogens (primary N) is 1. The zero-order valence-corrected chi connectivity index (χ0v) is 37.5. The Bertz CT molecular complexity index is 2600. The number of pyridine rings is 1. The van der Waals surface area contributed by atoms with Gasteiger partial charge in [-0.25, -0.2) is 18.1 Å². The maximum Gasteiger partial charge on any atom is 0.268 e. The van der Waals surface area contributed by atoms with Crippen molar-refractivity contribution in [2.45, 2.75) is 76.2 Å². The molecule has 1 saturated carbocycles. The van der Waals surface area contributed by atoms with Crippen LogP contribution in [0.2, 0.25) is 10.0 Å². The normalized spacial score (nSPS) is 20.9. The molecule has 2 aliphatic carbocycles. The van der Waals surface area contributed by atoms with E-state index in [0.717, 1.165) is 81.7 Å². The van der Waals surface area contributed by atoms with Gasteiger partial charge in [0.05, 0.1) is 34.9 Å². The van der Waals surface area contributed by atoms with Crippen LogP contribution in [0.25, 0.3) is 16.5 Å². The highest BCUT2D eigenvalue weighted by molar-refractivity contribution is 7.90. The number of benzene rings is 3. The second-order valence-corrected chi connectivity index (χ2v) is 20.4. The Morgan fingerprint density at radius 2 is 1.73 bits per heavy atom. The highest BCUT2D eigenvalue weighted by Crippen LogP contribution is 2.44. The van der Waals surface area contributed by atoms with E-state index in [1.54, 1.807) is 36.4 Å².